The van der Waals surface area contributed by atoms with Crippen LogP contribution < -0.4 is 15.8 Å². The van der Waals surface area contributed by atoms with Gasteiger partial charge in [0.05, 0.1) is 5.56 Å². The summed E-state index contributed by atoms with van der Waals surface area (Å²) in [4.78, 5) is 22.6. The van der Waals surface area contributed by atoms with Crippen LogP contribution in [0.25, 0.3) is 0 Å². The minimum Gasteiger partial charge on any atom is -0.420 e. The van der Waals surface area contributed by atoms with E-state index < -0.39 is 17.8 Å². The molecule has 2 aromatic carbocycles. The highest BCUT2D eigenvalue weighted by molar-refractivity contribution is 5.94. The molecule has 0 radical (unpaired) electrons. The molecule has 6 heteroatoms. The summed E-state index contributed by atoms with van der Waals surface area (Å²) in [7, 11) is 0. The van der Waals surface area contributed by atoms with Crippen LogP contribution in [0.4, 0.5) is 14.9 Å². The number of halogens is 1. The van der Waals surface area contributed by atoms with Gasteiger partial charge < -0.3 is 15.8 Å². The Kier molecular flexibility index (Phi) is 3.95. The fourth-order valence-corrected chi connectivity index (χ4v) is 1.55. The second-order valence-corrected chi connectivity index (χ2v) is 3.89. The Hall–Kier alpha value is -2.89. The Morgan fingerprint density at radius 2 is 1.85 bits per heavy atom. The number of hydrogen-bond acceptors (Lipinski definition) is 3. The number of carbonyl (C=O) groups excluding carboxylic acids is 2. The third kappa shape index (κ3) is 3.32. The molecule has 0 aliphatic carbocycles. The minimum atomic E-state index is -0.746. The molecule has 20 heavy (non-hydrogen) atoms. The minimum absolute atomic E-state index is 0.161. The van der Waals surface area contributed by atoms with E-state index in [1.807, 2.05) is 0 Å². The van der Waals surface area contributed by atoms with E-state index in [4.69, 9.17) is 10.5 Å². The standard InChI is InChI=1S/C14H11FN2O3/c15-11-6-1-2-7-12(11)20-13(18)9-4-3-5-10(8-9)17-14(16)19/h1-8H,(H3,16,17,19). The molecular weight excluding hydrogens is 263 g/mol. The summed E-state index contributed by atoms with van der Waals surface area (Å²) in [5, 5.41) is 2.33. The molecule has 0 aliphatic heterocycles. The zero-order chi connectivity index (χ0) is 14.5. The molecule has 0 saturated carbocycles. The predicted molar refractivity (Wildman–Crippen MR) is 71.0 cm³/mol. The first kappa shape index (κ1) is 13.5. The molecule has 0 heterocycles. The van der Waals surface area contributed by atoms with Crippen LogP contribution >= 0.6 is 0 Å². The maximum Gasteiger partial charge on any atom is 0.343 e. The SMILES string of the molecule is NC(=O)Nc1cccc(C(=O)Oc2ccccc2F)c1. The van der Waals surface area contributed by atoms with Gasteiger partial charge in [-0.3, -0.25) is 0 Å². The van der Waals surface area contributed by atoms with E-state index in [1.165, 1.54) is 30.3 Å². The number of anilines is 1. The Bertz CT molecular complexity index is 658. The van der Waals surface area contributed by atoms with Crippen molar-refractivity contribution in [2.24, 2.45) is 5.73 Å². The molecule has 0 aromatic heterocycles. The van der Waals surface area contributed by atoms with Crippen LogP contribution in [0.2, 0.25) is 0 Å². The van der Waals surface area contributed by atoms with Gasteiger partial charge in [0.25, 0.3) is 0 Å². The Labute approximate surface area is 114 Å². The lowest BCUT2D eigenvalue weighted by atomic mass is 10.2. The second kappa shape index (κ2) is 5.83. The summed E-state index contributed by atoms with van der Waals surface area (Å²) < 4.78 is 18.3. The Morgan fingerprint density at radius 3 is 2.55 bits per heavy atom. The van der Waals surface area contributed by atoms with Crippen LogP contribution in [0.15, 0.2) is 48.5 Å². The molecule has 0 fully saturated rings. The van der Waals surface area contributed by atoms with Gasteiger partial charge in [-0.1, -0.05) is 18.2 Å². The second-order valence-electron chi connectivity index (χ2n) is 3.89. The Morgan fingerprint density at radius 1 is 1.10 bits per heavy atom. The Balaban J connectivity index is 2.17. The van der Waals surface area contributed by atoms with Crippen molar-refractivity contribution in [1.82, 2.24) is 0 Å². The van der Waals surface area contributed by atoms with Crippen molar-refractivity contribution in [2.45, 2.75) is 0 Å². The molecule has 5 nitrogen and oxygen atoms in total. The number of para-hydroxylation sites is 1. The van der Waals surface area contributed by atoms with Crippen LogP contribution in [-0.4, -0.2) is 12.0 Å². The van der Waals surface area contributed by atoms with Crippen LogP contribution in [0, 0.1) is 5.82 Å². The zero-order valence-electron chi connectivity index (χ0n) is 10.3. The van der Waals surface area contributed by atoms with E-state index in [0.29, 0.717) is 5.69 Å². The lowest BCUT2D eigenvalue weighted by Crippen LogP contribution is -2.19. The molecule has 0 aliphatic rings. The highest BCUT2D eigenvalue weighted by Crippen LogP contribution is 2.18. The van der Waals surface area contributed by atoms with Gasteiger partial charge >= 0.3 is 12.0 Å². The number of carbonyl (C=O) groups is 2. The van der Waals surface area contributed by atoms with Crippen LogP contribution in [0.1, 0.15) is 10.4 Å². The monoisotopic (exact) mass is 274 g/mol. The summed E-state index contributed by atoms with van der Waals surface area (Å²) in [5.41, 5.74) is 5.49. The number of esters is 1. The molecule has 2 amide bonds. The summed E-state index contributed by atoms with van der Waals surface area (Å²) >= 11 is 0. The molecule has 0 saturated heterocycles. The van der Waals surface area contributed by atoms with Gasteiger partial charge in [0.1, 0.15) is 0 Å². The fraction of sp³-hybridized carbons (Fsp3) is 0. The first-order valence-corrected chi connectivity index (χ1v) is 5.69. The number of amides is 2. The zero-order valence-corrected chi connectivity index (χ0v) is 10.3. The van der Waals surface area contributed by atoms with E-state index in [2.05, 4.69) is 5.32 Å². The quantitative estimate of drug-likeness (QED) is 0.666. The topological polar surface area (TPSA) is 81.4 Å². The van der Waals surface area contributed by atoms with E-state index >= 15 is 0 Å². The number of urea groups is 1. The molecule has 0 atom stereocenters. The van der Waals surface area contributed by atoms with Crippen LogP contribution in [0.3, 0.4) is 0 Å². The van der Waals surface area contributed by atoms with Crippen molar-refractivity contribution in [1.29, 1.82) is 0 Å². The van der Waals surface area contributed by atoms with Crippen molar-refractivity contribution >= 4 is 17.7 Å². The number of nitrogens with one attached hydrogen (secondary N) is 1. The van der Waals surface area contributed by atoms with E-state index in [1.54, 1.807) is 18.2 Å². The maximum absolute atomic E-state index is 13.4. The number of rotatable bonds is 3. The number of nitrogens with two attached hydrogens (primary N) is 1. The molecule has 2 aromatic rings. The number of primary amides is 1. The van der Waals surface area contributed by atoms with Crippen molar-refractivity contribution in [2.75, 3.05) is 5.32 Å². The molecular formula is C14H11FN2O3. The van der Waals surface area contributed by atoms with Gasteiger partial charge in [-0.25, -0.2) is 14.0 Å². The summed E-state index contributed by atoms with van der Waals surface area (Å²) in [5.74, 6) is -1.53. The van der Waals surface area contributed by atoms with E-state index in [-0.39, 0.29) is 11.3 Å². The van der Waals surface area contributed by atoms with Crippen molar-refractivity contribution in [3.8, 4) is 5.75 Å². The molecule has 0 bridgehead atoms. The summed E-state index contributed by atoms with van der Waals surface area (Å²) in [6.45, 7) is 0. The van der Waals surface area contributed by atoms with Gasteiger partial charge in [-0.15, -0.1) is 0 Å². The maximum atomic E-state index is 13.4. The van der Waals surface area contributed by atoms with Gasteiger partial charge in [-0.05, 0) is 30.3 Å². The molecule has 102 valence electrons. The first-order valence-electron chi connectivity index (χ1n) is 5.69. The number of hydrogen-bond donors (Lipinski definition) is 2. The number of ether oxygens (including phenoxy) is 1. The van der Waals surface area contributed by atoms with Crippen molar-refractivity contribution < 1.29 is 18.7 Å². The number of benzene rings is 2. The fourth-order valence-electron chi connectivity index (χ4n) is 1.55. The third-order valence-electron chi connectivity index (χ3n) is 2.41. The lowest BCUT2D eigenvalue weighted by Gasteiger charge is -2.07. The van der Waals surface area contributed by atoms with Crippen LogP contribution in [0.5, 0.6) is 5.75 Å². The normalized spacial score (nSPS) is 9.85. The lowest BCUT2D eigenvalue weighted by molar-refractivity contribution is 0.0728. The van der Waals surface area contributed by atoms with E-state index in [9.17, 15) is 14.0 Å². The largest absolute Gasteiger partial charge is 0.420 e. The summed E-state index contributed by atoms with van der Waals surface area (Å²) in [6, 6.07) is 10.8. The highest BCUT2D eigenvalue weighted by Gasteiger charge is 2.12. The molecule has 3 N–H and O–H groups in total. The smallest absolute Gasteiger partial charge is 0.343 e. The summed E-state index contributed by atoms with van der Waals surface area (Å²) in [6.07, 6.45) is 0. The van der Waals surface area contributed by atoms with Gasteiger partial charge in [0, 0.05) is 5.69 Å². The molecule has 0 spiro atoms. The molecule has 2 rings (SSSR count). The average Bonchev–Trinajstić information content (AvgIpc) is 2.41. The van der Waals surface area contributed by atoms with Gasteiger partial charge in [0.15, 0.2) is 11.6 Å². The predicted octanol–water partition coefficient (Wildman–Crippen LogP) is 2.54. The average molecular weight is 274 g/mol. The van der Waals surface area contributed by atoms with Crippen LogP contribution in [-0.2, 0) is 0 Å². The van der Waals surface area contributed by atoms with Gasteiger partial charge in [0.2, 0.25) is 0 Å². The highest BCUT2D eigenvalue weighted by atomic mass is 19.1. The van der Waals surface area contributed by atoms with Crippen molar-refractivity contribution in [3.63, 3.8) is 0 Å². The van der Waals surface area contributed by atoms with Gasteiger partial charge in [-0.2, -0.15) is 0 Å². The third-order valence-corrected chi connectivity index (χ3v) is 2.41. The van der Waals surface area contributed by atoms with E-state index in [0.717, 1.165) is 0 Å². The first-order chi connectivity index (χ1) is 9.56. The molecule has 0 unspecified atom stereocenters. The van der Waals surface area contributed by atoms with Crippen molar-refractivity contribution in [3.05, 3.63) is 59.9 Å².